The van der Waals surface area contributed by atoms with E-state index in [1.54, 1.807) is 18.3 Å². The Morgan fingerprint density at radius 2 is 2.31 bits per heavy atom. The van der Waals surface area contributed by atoms with Crippen molar-refractivity contribution in [1.29, 1.82) is 0 Å². The number of pyridine rings is 1. The summed E-state index contributed by atoms with van der Waals surface area (Å²) >= 11 is 0. The Balaban J connectivity index is 2.60. The Bertz CT molecular complexity index is 310. The van der Waals surface area contributed by atoms with Crippen LogP contribution in [0.5, 0.6) is 0 Å². The fourth-order valence-electron chi connectivity index (χ4n) is 0.826. The van der Waals surface area contributed by atoms with Crippen molar-refractivity contribution in [2.45, 2.75) is 6.42 Å². The van der Waals surface area contributed by atoms with Gasteiger partial charge in [0.05, 0.1) is 0 Å². The van der Waals surface area contributed by atoms with Gasteiger partial charge < -0.3 is 4.84 Å². The highest BCUT2D eigenvalue weighted by Gasteiger charge is 2.14. The molecule has 0 bridgehead atoms. The first kappa shape index (κ1) is 9.34. The van der Waals surface area contributed by atoms with Gasteiger partial charge in [0.15, 0.2) is 0 Å². The minimum atomic E-state index is -1.04. The van der Waals surface area contributed by atoms with E-state index in [2.05, 4.69) is 15.7 Å². The maximum atomic E-state index is 11.0. The van der Waals surface area contributed by atoms with Crippen molar-refractivity contribution in [3.8, 4) is 0 Å². The largest absolute Gasteiger partial charge is 0.393 e. The number of Topliss-reactive ketones (excluding diaryl/α,β-unsaturated/α-hetero) is 1. The zero-order valence-corrected chi connectivity index (χ0v) is 6.77. The van der Waals surface area contributed by atoms with Gasteiger partial charge in [-0.15, -0.1) is 0 Å². The molecule has 0 aliphatic heterocycles. The van der Waals surface area contributed by atoms with E-state index in [1.165, 1.54) is 6.20 Å². The van der Waals surface area contributed by atoms with Gasteiger partial charge in [-0.2, -0.15) is 5.90 Å². The van der Waals surface area contributed by atoms with Crippen molar-refractivity contribution in [1.82, 2.24) is 4.98 Å². The molecule has 5 nitrogen and oxygen atoms in total. The second-order valence-electron chi connectivity index (χ2n) is 2.37. The first-order valence-electron chi connectivity index (χ1n) is 3.57. The Hall–Kier alpha value is -1.75. The van der Waals surface area contributed by atoms with Crippen LogP contribution < -0.4 is 5.90 Å². The highest BCUT2D eigenvalue weighted by molar-refractivity contribution is 6.33. The molecular formula is C8H8N2O3. The third-order valence-electron chi connectivity index (χ3n) is 1.42. The summed E-state index contributed by atoms with van der Waals surface area (Å²) in [6, 6.07) is 3.37. The van der Waals surface area contributed by atoms with Crippen LogP contribution >= 0.6 is 0 Å². The summed E-state index contributed by atoms with van der Waals surface area (Å²) in [6.07, 6.45) is 3.04. The molecule has 0 aliphatic rings. The number of aromatic nitrogens is 1. The topological polar surface area (TPSA) is 82.3 Å². The van der Waals surface area contributed by atoms with Gasteiger partial charge in [-0.05, 0) is 11.6 Å². The normalized spacial score (nSPS) is 9.31. The van der Waals surface area contributed by atoms with E-state index in [-0.39, 0.29) is 6.42 Å². The predicted molar refractivity (Wildman–Crippen MR) is 43.2 cm³/mol. The number of carbonyl (C=O) groups is 2. The molecule has 0 amide bonds. The third kappa shape index (κ3) is 2.64. The molecule has 0 saturated carbocycles. The van der Waals surface area contributed by atoms with Crippen LogP contribution in [0.2, 0.25) is 0 Å². The quantitative estimate of drug-likeness (QED) is 0.506. The number of nitrogens with two attached hydrogens (primary N) is 1. The molecular weight excluding hydrogens is 172 g/mol. The number of rotatable bonds is 3. The summed E-state index contributed by atoms with van der Waals surface area (Å²) in [6.45, 7) is 0. The number of nitrogens with zero attached hydrogens (tertiary/aromatic N) is 1. The van der Waals surface area contributed by atoms with E-state index < -0.39 is 11.8 Å². The predicted octanol–water partition coefficient (Wildman–Crippen LogP) is -0.390. The van der Waals surface area contributed by atoms with E-state index >= 15 is 0 Å². The smallest absolute Gasteiger partial charge is 0.367 e. The molecule has 5 heteroatoms. The summed E-state index contributed by atoms with van der Waals surface area (Å²) in [4.78, 5) is 29.1. The lowest BCUT2D eigenvalue weighted by atomic mass is 10.1. The van der Waals surface area contributed by atoms with Crippen LogP contribution in [0.3, 0.4) is 0 Å². The van der Waals surface area contributed by atoms with Crippen LogP contribution in [0.4, 0.5) is 0 Å². The molecule has 1 heterocycles. The van der Waals surface area contributed by atoms with Crippen LogP contribution in [-0.4, -0.2) is 16.7 Å². The first-order chi connectivity index (χ1) is 6.24. The van der Waals surface area contributed by atoms with Crippen LogP contribution in [0.25, 0.3) is 0 Å². The number of hydrogen-bond acceptors (Lipinski definition) is 5. The molecule has 0 aliphatic carbocycles. The van der Waals surface area contributed by atoms with Gasteiger partial charge in [-0.25, -0.2) is 4.79 Å². The van der Waals surface area contributed by atoms with E-state index in [0.29, 0.717) is 5.56 Å². The Kier molecular flexibility index (Phi) is 3.10. The van der Waals surface area contributed by atoms with Crippen LogP contribution in [0, 0.1) is 0 Å². The van der Waals surface area contributed by atoms with Gasteiger partial charge in [0.25, 0.3) is 0 Å². The van der Waals surface area contributed by atoms with Gasteiger partial charge >= 0.3 is 5.97 Å². The fourth-order valence-corrected chi connectivity index (χ4v) is 0.826. The molecule has 0 atom stereocenters. The van der Waals surface area contributed by atoms with Crippen molar-refractivity contribution in [2.75, 3.05) is 0 Å². The average molecular weight is 180 g/mol. The summed E-state index contributed by atoms with van der Waals surface area (Å²) in [5.41, 5.74) is 0.651. The zero-order chi connectivity index (χ0) is 9.68. The van der Waals surface area contributed by atoms with Crippen molar-refractivity contribution in [3.05, 3.63) is 30.1 Å². The third-order valence-corrected chi connectivity index (χ3v) is 1.42. The number of carbonyl (C=O) groups excluding carboxylic acids is 2. The highest BCUT2D eigenvalue weighted by Crippen LogP contribution is 1.97. The Labute approximate surface area is 74.5 Å². The summed E-state index contributed by atoms with van der Waals surface area (Å²) in [5, 5.41) is 0. The summed E-state index contributed by atoms with van der Waals surface area (Å²) < 4.78 is 0. The standard InChI is InChI=1S/C8H8N2O3/c9-13-8(12)7(11)4-6-2-1-3-10-5-6/h1-3,5H,4,9H2. The lowest BCUT2D eigenvalue weighted by molar-refractivity contribution is -0.154. The molecule has 13 heavy (non-hydrogen) atoms. The highest BCUT2D eigenvalue weighted by atomic mass is 16.7. The molecule has 0 aromatic carbocycles. The second-order valence-corrected chi connectivity index (χ2v) is 2.37. The minimum absolute atomic E-state index is 0.0378. The molecule has 0 unspecified atom stereocenters. The molecule has 1 aromatic heterocycles. The Morgan fingerprint density at radius 3 is 2.85 bits per heavy atom. The van der Waals surface area contributed by atoms with Crippen LogP contribution in [0.1, 0.15) is 5.56 Å². The van der Waals surface area contributed by atoms with E-state index in [4.69, 9.17) is 0 Å². The molecule has 0 fully saturated rings. The maximum Gasteiger partial charge on any atom is 0.393 e. The zero-order valence-electron chi connectivity index (χ0n) is 6.77. The van der Waals surface area contributed by atoms with Crippen LogP contribution in [0.15, 0.2) is 24.5 Å². The van der Waals surface area contributed by atoms with Gasteiger partial charge in [-0.1, -0.05) is 6.07 Å². The van der Waals surface area contributed by atoms with Gasteiger partial charge in [-0.3, -0.25) is 9.78 Å². The molecule has 2 N–H and O–H groups in total. The van der Waals surface area contributed by atoms with Crippen molar-refractivity contribution in [2.24, 2.45) is 5.90 Å². The van der Waals surface area contributed by atoms with Crippen molar-refractivity contribution < 1.29 is 14.4 Å². The molecule has 0 saturated heterocycles. The Morgan fingerprint density at radius 1 is 1.54 bits per heavy atom. The summed E-state index contributed by atoms with van der Waals surface area (Å²) in [5.74, 6) is 2.82. The lowest BCUT2D eigenvalue weighted by Crippen LogP contribution is -2.22. The molecule has 1 aromatic rings. The van der Waals surface area contributed by atoms with E-state index in [9.17, 15) is 9.59 Å². The van der Waals surface area contributed by atoms with Crippen LogP contribution in [-0.2, 0) is 20.8 Å². The van der Waals surface area contributed by atoms with Crippen molar-refractivity contribution >= 4 is 11.8 Å². The number of hydrogen-bond donors (Lipinski definition) is 1. The van der Waals surface area contributed by atoms with Crippen molar-refractivity contribution in [3.63, 3.8) is 0 Å². The minimum Gasteiger partial charge on any atom is -0.367 e. The van der Waals surface area contributed by atoms with Gasteiger partial charge in [0, 0.05) is 18.8 Å². The molecule has 68 valence electrons. The van der Waals surface area contributed by atoms with Gasteiger partial charge in [0.1, 0.15) is 0 Å². The SMILES string of the molecule is NOC(=O)C(=O)Cc1cccnc1. The second kappa shape index (κ2) is 4.32. The maximum absolute atomic E-state index is 11.0. The first-order valence-corrected chi connectivity index (χ1v) is 3.57. The number of ketones is 1. The lowest BCUT2D eigenvalue weighted by Gasteiger charge is -1.97. The average Bonchev–Trinajstić information content (AvgIpc) is 2.18. The van der Waals surface area contributed by atoms with E-state index in [1.807, 2.05) is 0 Å². The molecule has 1 rings (SSSR count). The molecule has 0 radical (unpaired) electrons. The summed E-state index contributed by atoms with van der Waals surface area (Å²) in [7, 11) is 0. The molecule has 0 spiro atoms. The fraction of sp³-hybridized carbons (Fsp3) is 0.125. The monoisotopic (exact) mass is 180 g/mol. The van der Waals surface area contributed by atoms with E-state index in [0.717, 1.165) is 0 Å². The van der Waals surface area contributed by atoms with Gasteiger partial charge in [0.2, 0.25) is 5.78 Å².